The van der Waals surface area contributed by atoms with Crippen LogP contribution in [0.2, 0.25) is 5.02 Å². The van der Waals surface area contributed by atoms with E-state index < -0.39 is 6.10 Å². The van der Waals surface area contributed by atoms with E-state index in [9.17, 15) is 9.90 Å². The number of halogens is 1. The Balaban J connectivity index is 1.67. The molecule has 110 valence electrons. The molecule has 1 saturated heterocycles. The fourth-order valence-corrected chi connectivity index (χ4v) is 2.34. The molecular formula is C13H14ClN5O2. The number of aromatic nitrogens is 4. The summed E-state index contributed by atoms with van der Waals surface area (Å²) < 4.78 is 0. The summed E-state index contributed by atoms with van der Waals surface area (Å²) in [5, 5.41) is 22.1. The van der Waals surface area contributed by atoms with E-state index in [1.807, 2.05) is 0 Å². The molecule has 21 heavy (non-hydrogen) atoms. The Kier molecular flexibility index (Phi) is 3.85. The van der Waals surface area contributed by atoms with Gasteiger partial charge in [0.2, 0.25) is 11.7 Å². The molecule has 1 amide bonds. The third-order valence-electron chi connectivity index (χ3n) is 3.35. The molecular weight excluding hydrogens is 294 g/mol. The molecule has 1 aromatic carbocycles. The third-order valence-corrected chi connectivity index (χ3v) is 3.60. The van der Waals surface area contributed by atoms with Crippen LogP contribution in [0.25, 0.3) is 11.4 Å². The maximum absolute atomic E-state index is 12.0. The summed E-state index contributed by atoms with van der Waals surface area (Å²) in [6, 6.07) is 7.08. The third kappa shape index (κ3) is 3.20. The van der Waals surface area contributed by atoms with Gasteiger partial charge in [-0.05, 0) is 35.9 Å². The van der Waals surface area contributed by atoms with Gasteiger partial charge in [-0.3, -0.25) is 4.79 Å². The smallest absolute Gasteiger partial charge is 0.246 e. The number of hydrogen-bond acceptors (Lipinski definition) is 5. The van der Waals surface area contributed by atoms with E-state index in [1.165, 1.54) is 4.80 Å². The molecule has 1 fully saturated rings. The highest BCUT2D eigenvalue weighted by atomic mass is 35.5. The fraction of sp³-hybridized carbons (Fsp3) is 0.385. The lowest BCUT2D eigenvalue weighted by Gasteiger charge is -2.14. The van der Waals surface area contributed by atoms with Gasteiger partial charge in [0.05, 0.1) is 6.10 Å². The summed E-state index contributed by atoms with van der Waals surface area (Å²) in [5.41, 5.74) is 0.787. The Morgan fingerprint density at radius 1 is 1.38 bits per heavy atom. The predicted molar refractivity (Wildman–Crippen MR) is 75.5 cm³/mol. The van der Waals surface area contributed by atoms with E-state index in [4.69, 9.17) is 11.6 Å². The molecule has 1 N–H and O–H groups in total. The molecule has 0 aliphatic carbocycles. The monoisotopic (exact) mass is 307 g/mol. The topological polar surface area (TPSA) is 84.1 Å². The Morgan fingerprint density at radius 3 is 2.81 bits per heavy atom. The largest absolute Gasteiger partial charge is 0.391 e. The van der Waals surface area contributed by atoms with Gasteiger partial charge in [0, 0.05) is 23.7 Å². The van der Waals surface area contributed by atoms with Crippen molar-refractivity contribution in [2.45, 2.75) is 19.1 Å². The first-order valence-electron chi connectivity index (χ1n) is 6.61. The van der Waals surface area contributed by atoms with Crippen molar-refractivity contribution in [3.63, 3.8) is 0 Å². The van der Waals surface area contributed by atoms with Crippen LogP contribution >= 0.6 is 11.6 Å². The van der Waals surface area contributed by atoms with Crippen LogP contribution in [0, 0.1) is 0 Å². The molecule has 2 heterocycles. The van der Waals surface area contributed by atoms with Crippen molar-refractivity contribution in [1.82, 2.24) is 25.1 Å². The SMILES string of the molecule is O=C(Cn1nnc(-c2ccc(Cl)cc2)n1)N1CC[C@@H](O)C1. The zero-order chi connectivity index (χ0) is 14.8. The number of β-amino-alcohol motifs (C(OH)–C–C–N with tert-alkyl or cyclic N) is 1. The van der Waals surface area contributed by atoms with Crippen molar-refractivity contribution in [2.24, 2.45) is 0 Å². The van der Waals surface area contributed by atoms with Crippen molar-refractivity contribution in [3.05, 3.63) is 29.3 Å². The van der Waals surface area contributed by atoms with Crippen LogP contribution in [0.15, 0.2) is 24.3 Å². The van der Waals surface area contributed by atoms with Crippen LogP contribution in [0.1, 0.15) is 6.42 Å². The standard InChI is InChI=1S/C13H14ClN5O2/c14-10-3-1-9(2-4-10)13-15-17-19(16-13)8-12(21)18-6-5-11(20)7-18/h1-4,11,20H,5-8H2/t11-/m1/s1. The van der Waals surface area contributed by atoms with Gasteiger partial charge in [0.25, 0.3) is 0 Å². The number of aliphatic hydroxyl groups is 1. The van der Waals surface area contributed by atoms with Crippen molar-refractivity contribution in [2.75, 3.05) is 13.1 Å². The summed E-state index contributed by atoms with van der Waals surface area (Å²) in [4.78, 5) is 14.9. The number of rotatable bonds is 3. The van der Waals surface area contributed by atoms with E-state index in [2.05, 4.69) is 15.4 Å². The number of carbonyl (C=O) groups is 1. The highest BCUT2D eigenvalue weighted by molar-refractivity contribution is 6.30. The number of nitrogens with zero attached hydrogens (tertiary/aromatic N) is 5. The minimum Gasteiger partial charge on any atom is -0.391 e. The normalized spacial score (nSPS) is 18.2. The molecule has 3 rings (SSSR count). The lowest BCUT2D eigenvalue weighted by molar-refractivity contribution is -0.131. The molecule has 0 radical (unpaired) electrons. The molecule has 1 aliphatic heterocycles. The Hall–Kier alpha value is -1.99. The zero-order valence-electron chi connectivity index (χ0n) is 11.2. The molecule has 2 aromatic rings. The van der Waals surface area contributed by atoms with Gasteiger partial charge in [0.15, 0.2) is 0 Å². The van der Waals surface area contributed by atoms with Gasteiger partial charge in [-0.2, -0.15) is 4.80 Å². The number of aliphatic hydroxyl groups excluding tert-OH is 1. The molecule has 1 atom stereocenters. The Bertz CT molecular complexity index is 642. The Morgan fingerprint density at radius 2 is 2.14 bits per heavy atom. The van der Waals surface area contributed by atoms with Crippen LogP contribution in [-0.2, 0) is 11.3 Å². The van der Waals surface area contributed by atoms with Crippen LogP contribution in [0.5, 0.6) is 0 Å². The predicted octanol–water partition coefficient (Wildman–Crippen LogP) is 0.587. The second-order valence-electron chi connectivity index (χ2n) is 4.93. The van der Waals surface area contributed by atoms with Crippen LogP contribution in [-0.4, -0.2) is 55.3 Å². The molecule has 0 spiro atoms. The lowest BCUT2D eigenvalue weighted by atomic mass is 10.2. The number of carbonyl (C=O) groups excluding carboxylic acids is 1. The maximum Gasteiger partial charge on any atom is 0.246 e. The summed E-state index contributed by atoms with van der Waals surface area (Å²) >= 11 is 5.83. The number of likely N-dealkylation sites (tertiary alicyclic amines) is 1. The van der Waals surface area contributed by atoms with Gasteiger partial charge >= 0.3 is 0 Å². The quantitative estimate of drug-likeness (QED) is 0.897. The lowest BCUT2D eigenvalue weighted by Crippen LogP contribution is -2.33. The van der Waals surface area contributed by atoms with Gasteiger partial charge in [-0.1, -0.05) is 11.6 Å². The van der Waals surface area contributed by atoms with E-state index in [0.29, 0.717) is 30.4 Å². The van der Waals surface area contributed by atoms with Crippen molar-refractivity contribution >= 4 is 17.5 Å². The highest BCUT2D eigenvalue weighted by Crippen LogP contribution is 2.17. The zero-order valence-corrected chi connectivity index (χ0v) is 11.9. The van der Waals surface area contributed by atoms with Crippen LogP contribution in [0.3, 0.4) is 0 Å². The van der Waals surface area contributed by atoms with Gasteiger partial charge in [-0.25, -0.2) is 0 Å². The second-order valence-corrected chi connectivity index (χ2v) is 5.37. The number of benzene rings is 1. The minimum atomic E-state index is -0.428. The molecule has 7 nitrogen and oxygen atoms in total. The average molecular weight is 308 g/mol. The van der Waals surface area contributed by atoms with Crippen LogP contribution < -0.4 is 0 Å². The summed E-state index contributed by atoms with van der Waals surface area (Å²) in [6.07, 6.45) is 0.189. The van der Waals surface area contributed by atoms with Crippen molar-refractivity contribution in [1.29, 1.82) is 0 Å². The second kappa shape index (κ2) is 5.79. The van der Waals surface area contributed by atoms with Gasteiger partial charge in [0.1, 0.15) is 6.54 Å². The molecule has 8 heteroatoms. The first kappa shape index (κ1) is 14.0. The molecule has 0 bridgehead atoms. The molecule has 0 unspecified atom stereocenters. The number of tetrazole rings is 1. The van der Waals surface area contributed by atoms with Crippen molar-refractivity contribution < 1.29 is 9.90 Å². The summed E-state index contributed by atoms with van der Waals surface area (Å²) in [5.74, 6) is 0.326. The minimum absolute atomic E-state index is 0.0211. The van der Waals surface area contributed by atoms with E-state index in [0.717, 1.165) is 5.56 Å². The van der Waals surface area contributed by atoms with E-state index in [-0.39, 0.29) is 12.5 Å². The fourth-order valence-electron chi connectivity index (χ4n) is 2.21. The molecule has 1 aliphatic rings. The summed E-state index contributed by atoms with van der Waals surface area (Å²) in [6.45, 7) is 0.962. The number of hydrogen-bond donors (Lipinski definition) is 1. The highest BCUT2D eigenvalue weighted by Gasteiger charge is 2.25. The van der Waals surface area contributed by atoms with E-state index in [1.54, 1.807) is 29.2 Å². The molecule has 1 aromatic heterocycles. The van der Waals surface area contributed by atoms with Crippen LogP contribution in [0.4, 0.5) is 0 Å². The maximum atomic E-state index is 12.0. The average Bonchev–Trinajstić information content (AvgIpc) is 3.09. The number of amides is 1. The first-order valence-corrected chi connectivity index (χ1v) is 6.99. The Labute approximate surface area is 126 Å². The summed E-state index contributed by atoms with van der Waals surface area (Å²) in [7, 11) is 0. The van der Waals surface area contributed by atoms with Crippen molar-refractivity contribution in [3.8, 4) is 11.4 Å². The van der Waals surface area contributed by atoms with Gasteiger partial charge in [-0.15, -0.1) is 10.2 Å². The first-order chi connectivity index (χ1) is 10.1. The van der Waals surface area contributed by atoms with Gasteiger partial charge < -0.3 is 10.0 Å². The molecule has 0 saturated carbocycles. The van der Waals surface area contributed by atoms with E-state index >= 15 is 0 Å².